The second-order valence-corrected chi connectivity index (χ2v) is 4.80. The first-order valence-corrected chi connectivity index (χ1v) is 6.23. The summed E-state index contributed by atoms with van der Waals surface area (Å²) in [5, 5.41) is 3.11. The fourth-order valence-corrected chi connectivity index (χ4v) is 2.05. The first-order valence-electron chi connectivity index (χ1n) is 4.81. The largest absolute Gasteiger partial charge is 0.432 e. The van der Waals surface area contributed by atoms with Crippen LogP contribution in [0.25, 0.3) is 0 Å². The molecule has 0 unspecified atom stereocenters. The molecule has 6 heteroatoms. The minimum atomic E-state index is 0.368. The lowest BCUT2D eigenvalue weighted by molar-refractivity contribution is 0.543. The Hall–Kier alpha value is -1.07. The Morgan fingerprint density at radius 2 is 2.25 bits per heavy atom. The van der Waals surface area contributed by atoms with Crippen LogP contribution in [-0.4, -0.2) is 17.0 Å². The van der Waals surface area contributed by atoms with E-state index >= 15 is 0 Å². The highest BCUT2D eigenvalue weighted by atomic mass is 35.5. The van der Waals surface area contributed by atoms with Crippen LogP contribution < -0.4 is 4.90 Å². The van der Waals surface area contributed by atoms with Crippen LogP contribution in [0.15, 0.2) is 16.1 Å². The smallest absolute Gasteiger partial charge is 0.297 e. The molecule has 0 aliphatic heterocycles. The number of hydrogen-bond acceptors (Lipinski definition) is 5. The second kappa shape index (κ2) is 4.84. The van der Waals surface area contributed by atoms with Crippen molar-refractivity contribution in [3.05, 3.63) is 28.0 Å². The standard InChI is InChI=1S/C10H12ClN3OS/c1-7-12-9(6-16-7)4-14(2)10-13-8(3-11)5-15-10/h5-6H,3-4H2,1-2H3. The van der Waals surface area contributed by atoms with E-state index < -0.39 is 0 Å². The van der Waals surface area contributed by atoms with Gasteiger partial charge in [0.1, 0.15) is 6.26 Å². The minimum absolute atomic E-state index is 0.368. The lowest BCUT2D eigenvalue weighted by Gasteiger charge is -2.11. The van der Waals surface area contributed by atoms with Crippen molar-refractivity contribution in [2.24, 2.45) is 0 Å². The molecule has 4 nitrogen and oxygen atoms in total. The monoisotopic (exact) mass is 257 g/mol. The molecule has 2 aromatic heterocycles. The van der Waals surface area contributed by atoms with E-state index in [9.17, 15) is 0 Å². The number of thiazole rings is 1. The third kappa shape index (κ3) is 2.54. The van der Waals surface area contributed by atoms with Crippen LogP contribution in [0, 0.1) is 6.92 Å². The van der Waals surface area contributed by atoms with E-state index in [1.54, 1.807) is 17.6 Å². The Morgan fingerprint density at radius 3 is 2.81 bits per heavy atom. The van der Waals surface area contributed by atoms with E-state index in [0.29, 0.717) is 18.4 Å². The third-order valence-corrected chi connectivity index (χ3v) is 3.16. The average molecular weight is 258 g/mol. The molecule has 2 heterocycles. The zero-order valence-corrected chi connectivity index (χ0v) is 10.7. The second-order valence-electron chi connectivity index (χ2n) is 3.47. The Kier molecular flexibility index (Phi) is 3.46. The summed E-state index contributed by atoms with van der Waals surface area (Å²) in [7, 11) is 1.92. The number of aryl methyl sites for hydroxylation is 1. The summed E-state index contributed by atoms with van der Waals surface area (Å²) in [4.78, 5) is 10.5. The van der Waals surface area contributed by atoms with Gasteiger partial charge in [-0.2, -0.15) is 4.98 Å². The van der Waals surface area contributed by atoms with Gasteiger partial charge in [0.05, 0.1) is 28.8 Å². The Labute approximate surface area is 103 Å². The fraction of sp³-hybridized carbons (Fsp3) is 0.400. The normalized spacial score (nSPS) is 10.7. The highest BCUT2D eigenvalue weighted by Gasteiger charge is 2.10. The molecule has 0 aliphatic carbocycles. The molecule has 2 rings (SSSR count). The molecular weight excluding hydrogens is 246 g/mol. The van der Waals surface area contributed by atoms with Gasteiger partial charge in [-0.15, -0.1) is 22.9 Å². The van der Waals surface area contributed by atoms with Crippen molar-refractivity contribution in [3.63, 3.8) is 0 Å². The fourth-order valence-electron chi connectivity index (χ4n) is 1.32. The summed E-state index contributed by atoms with van der Waals surface area (Å²) in [5.74, 6) is 0.368. The molecule has 0 saturated carbocycles. The maximum absolute atomic E-state index is 5.66. The van der Waals surface area contributed by atoms with Crippen molar-refractivity contribution in [3.8, 4) is 0 Å². The molecule has 0 N–H and O–H groups in total. The van der Waals surface area contributed by atoms with Crippen molar-refractivity contribution < 1.29 is 4.42 Å². The summed E-state index contributed by atoms with van der Waals surface area (Å²) < 4.78 is 5.30. The lowest BCUT2D eigenvalue weighted by atomic mass is 10.4. The van der Waals surface area contributed by atoms with Gasteiger partial charge in [0.25, 0.3) is 6.01 Å². The molecule has 0 spiro atoms. The van der Waals surface area contributed by atoms with E-state index in [1.165, 1.54) is 0 Å². The van der Waals surface area contributed by atoms with Crippen molar-refractivity contribution in [1.29, 1.82) is 0 Å². The van der Waals surface area contributed by atoms with Gasteiger partial charge in [0.15, 0.2) is 0 Å². The van der Waals surface area contributed by atoms with Crippen molar-refractivity contribution in [2.75, 3.05) is 11.9 Å². The minimum Gasteiger partial charge on any atom is -0.432 e. The average Bonchev–Trinajstić information content (AvgIpc) is 2.87. The van der Waals surface area contributed by atoms with Crippen molar-refractivity contribution >= 4 is 29.0 Å². The molecule has 86 valence electrons. The highest BCUT2D eigenvalue weighted by molar-refractivity contribution is 7.09. The van der Waals surface area contributed by atoms with Crippen LogP contribution in [0.2, 0.25) is 0 Å². The summed E-state index contributed by atoms with van der Waals surface area (Å²) in [5.41, 5.74) is 1.77. The third-order valence-electron chi connectivity index (χ3n) is 2.07. The first kappa shape index (κ1) is 11.4. The summed E-state index contributed by atoms with van der Waals surface area (Å²) in [6.07, 6.45) is 1.57. The van der Waals surface area contributed by atoms with Gasteiger partial charge in [-0.25, -0.2) is 4.98 Å². The van der Waals surface area contributed by atoms with Crippen LogP contribution >= 0.6 is 22.9 Å². The molecule has 0 amide bonds. The summed E-state index contributed by atoms with van der Waals surface area (Å²) in [6.45, 7) is 2.68. The topological polar surface area (TPSA) is 42.2 Å². The van der Waals surface area contributed by atoms with Gasteiger partial charge in [-0.3, -0.25) is 0 Å². The van der Waals surface area contributed by atoms with Crippen LogP contribution in [0.1, 0.15) is 16.4 Å². The predicted octanol–water partition coefficient (Wildman–Crippen LogP) is 2.81. The lowest BCUT2D eigenvalue weighted by Crippen LogP contribution is -2.16. The molecule has 0 radical (unpaired) electrons. The molecule has 0 fully saturated rings. The quantitative estimate of drug-likeness (QED) is 0.790. The van der Waals surface area contributed by atoms with E-state index in [2.05, 4.69) is 9.97 Å². The first-order chi connectivity index (χ1) is 7.69. The van der Waals surface area contributed by atoms with Gasteiger partial charge < -0.3 is 9.32 Å². The zero-order valence-electron chi connectivity index (χ0n) is 9.11. The Morgan fingerprint density at radius 1 is 1.44 bits per heavy atom. The van der Waals surface area contributed by atoms with Gasteiger partial charge in [-0.1, -0.05) is 0 Å². The van der Waals surface area contributed by atoms with Crippen LogP contribution in [-0.2, 0) is 12.4 Å². The zero-order chi connectivity index (χ0) is 11.5. The Bertz CT molecular complexity index is 468. The van der Waals surface area contributed by atoms with Gasteiger partial charge in [0.2, 0.25) is 0 Å². The SMILES string of the molecule is Cc1nc(CN(C)c2nc(CCl)co2)cs1. The molecule has 16 heavy (non-hydrogen) atoms. The highest BCUT2D eigenvalue weighted by Crippen LogP contribution is 2.17. The summed E-state index contributed by atoms with van der Waals surface area (Å²) >= 11 is 7.30. The maximum atomic E-state index is 5.66. The Balaban J connectivity index is 2.05. The van der Waals surface area contributed by atoms with Crippen LogP contribution in [0.4, 0.5) is 6.01 Å². The van der Waals surface area contributed by atoms with Crippen LogP contribution in [0.3, 0.4) is 0 Å². The number of anilines is 1. The summed E-state index contributed by atoms with van der Waals surface area (Å²) in [6, 6.07) is 0.571. The molecule has 0 saturated heterocycles. The van der Waals surface area contributed by atoms with Crippen molar-refractivity contribution in [1.82, 2.24) is 9.97 Å². The number of hydrogen-bond donors (Lipinski definition) is 0. The number of aromatic nitrogens is 2. The van der Waals surface area contributed by atoms with E-state index in [1.807, 2.05) is 24.3 Å². The number of nitrogens with zero attached hydrogens (tertiary/aromatic N) is 3. The van der Waals surface area contributed by atoms with E-state index in [-0.39, 0.29) is 0 Å². The van der Waals surface area contributed by atoms with Gasteiger partial charge in [-0.05, 0) is 6.92 Å². The predicted molar refractivity (Wildman–Crippen MR) is 65.0 cm³/mol. The van der Waals surface area contributed by atoms with Crippen molar-refractivity contribution in [2.45, 2.75) is 19.3 Å². The maximum Gasteiger partial charge on any atom is 0.297 e. The number of halogens is 1. The van der Waals surface area contributed by atoms with Crippen LogP contribution in [0.5, 0.6) is 0 Å². The van der Waals surface area contributed by atoms with Gasteiger partial charge in [0, 0.05) is 12.4 Å². The number of oxazole rings is 1. The number of alkyl halides is 1. The molecule has 0 atom stereocenters. The number of rotatable bonds is 4. The van der Waals surface area contributed by atoms with Gasteiger partial charge >= 0.3 is 0 Å². The molecule has 0 aromatic carbocycles. The van der Waals surface area contributed by atoms with E-state index in [0.717, 1.165) is 16.4 Å². The van der Waals surface area contributed by atoms with E-state index in [4.69, 9.17) is 16.0 Å². The molecule has 0 bridgehead atoms. The molecular formula is C10H12ClN3OS. The molecule has 2 aromatic rings. The molecule has 0 aliphatic rings.